The number of carbonyl (C=O) groups excluding carboxylic acids is 1. The van der Waals surface area contributed by atoms with Crippen LogP contribution in [0.2, 0.25) is 0 Å². The fraction of sp³-hybridized carbons (Fsp3) is 0.355. The smallest absolute Gasteiger partial charge is 0.255 e. The lowest BCUT2D eigenvalue weighted by Gasteiger charge is -2.14. The first-order valence-corrected chi connectivity index (χ1v) is 14.1. The molecule has 1 amide bonds. The SMILES string of the molecule is Cc1cccc(C(=O)Nc2ccc(C)c(Nc3cc(CNCCCN(C)C)nn3-c3cc(NC4CC4)ncn3)c2)c1. The van der Waals surface area contributed by atoms with E-state index in [0.29, 0.717) is 29.7 Å². The molecule has 0 atom stereocenters. The van der Waals surface area contributed by atoms with Crippen molar-refractivity contribution in [2.75, 3.05) is 43.1 Å². The maximum Gasteiger partial charge on any atom is 0.255 e. The van der Waals surface area contributed by atoms with Gasteiger partial charge < -0.3 is 26.2 Å². The van der Waals surface area contributed by atoms with E-state index in [1.54, 1.807) is 6.33 Å². The minimum absolute atomic E-state index is 0.146. The third-order valence-corrected chi connectivity index (χ3v) is 6.86. The van der Waals surface area contributed by atoms with E-state index < -0.39 is 0 Å². The predicted octanol–water partition coefficient (Wildman–Crippen LogP) is 4.89. The third-order valence-electron chi connectivity index (χ3n) is 6.86. The van der Waals surface area contributed by atoms with E-state index in [4.69, 9.17) is 5.10 Å². The van der Waals surface area contributed by atoms with Crippen molar-refractivity contribution < 1.29 is 4.79 Å². The largest absolute Gasteiger partial charge is 0.367 e. The molecule has 0 saturated heterocycles. The van der Waals surface area contributed by atoms with Gasteiger partial charge in [0.05, 0.1) is 5.69 Å². The Hall–Kier alpha value is -4.28. The van der Waals surface area contributed by atoms with Crippen LogP contribution in [0, 0.1) is 13.8 Å². The van der Waals surface area contributed by atoms with E-state index in [9.17, 15) is 4.79 Å². The van der Waals surface area contributed by atoms with Crippen molar-refractivity contribution in [2.45, 2.75) is 45.7 Å². The van der Waals surface area contributed by atoms with Crippen molar-refractivity contribution in [3.8, 4) is 5.82 Å². The molecule has 214 valence electrons. The van der Waals surface area contributed by atoms with Crippen LogP contribution in [0.15, 0.2) is 60.9 Å². The molecule has 2 aromatic carbocycles. The van der Waals surface area contributed by atoms with Gasteiger partial charge >= 0.3 is 0 Å². The highest BCUT2D eigenvalue weighted by Gasteiger charge is 2.22. The van der Waals surface area contributed by atoms with Crippen LogP contribution < -0.4 is 21.3 Å². The summed E-state index contributed by atoms with van der Waals surface area (Å²) in [5, 5.41) is 18.4. The van der Waals surface area contributed by atoms with Gasteiger partial charge in [0.25, 0.3) is 5.91 Å². The first-order chi connectivity index (χ1) is 19.8. The Balaban J connectivity index is 1.37. The first kappa shape index (κ1) is 28.3. The minimum atomic E-state index is -0.146. The highest BCUT2D eigenvalue weighted by atomic mass is 16.1. The van der Waals surface area contributed by atoms with Crippen molar-refractivity contribution in [2.24, 2.45) is 0 Å². The number of carbonyl (C=O) groups is 1. The monoisotopic (exact) mass is 553 g/mol. The van der Waals surface area contributed by atoms with Crippen LogP contribution in [-0.2, 0) is 6.54 Å². The molecule has 4 aromatic rings. The Morgan fingerprint density at radius 2 is 1.90 bits per heavy atom. The molecule has 1 aliphatic rings. The fourth-order valence-electron chi connectivity index (χ4n) is 4.46. The Morgan fingerprint density at radius 1 is 1.05 bits per heavy atom. The fourth-order valence-corrected chi connectivity index (χ4v) is 4.46. The van der Waals surface area contributed by atoms with Gasteiger partial charge in [0.2, 0.25) is 0 Å². The van der Waals surface area contributed by atoms with E-state index in [-0.39, 0.29) is 5.91 Å². The van der Waals surface area contributed by atoms with Crippen LogP contribution >= 0.6 is 0 Å². The molecular weight excluding hydrogens is 514 g/mol. The Labute approximate surface area is 241 Å². The first-order valence-electron chi connectivity index (χ1n) is 14.1. The summed E-state index contributed by atoms with van der Waals surface area (Å²) in [5.74, 6) is 2.09. The van der Waals surface area contributed by atoms with Gasteiger partial charge in [0.1, 0.15) is 18.0 Å². The molecule has 1 aliphatic carbocycles. The number of benzene rings is 2. The van der Waals surface area contributed by atoms with E-state index in [0.717, 1.165) is 66.5 Å². The Kier molecular flexibility index (Phi) is 8.91. The number of aromatic nitrogens is 4. The quantitative estimate of drug-likeness (QED) is 0.173. The van der Waals surface area contributed by atoms with Crippen LogP contribution in [0.25, 0.3) is 5.82 Å². The molecular formula is C31H39N9O. The average molecular weight is 554 g/mol. The zero-order chi connectivity index (χ0) is 28.8. The highest BCUT2D eigenvalue weighted by molar-refractivity contribution is 6.04. The molecule has 4 N–H and O–H groups in total. The van der Waals surface area contributed by atoms with Crippen molar-refractivity contribution >= 4 is 28.9 Å². The van der Waals surface area contributed by atoms with E-state index >= 15 is 0 Å². The van der Waals surface area contributed by atoms with E-state index in [1.165, 1.54) is 0 Å². The summed E-state index contributed by atoms with van der Waals surface area (Å²) < 4.78 is 1.81. The molecule has 0 radical (unpaired) electrons. The minimum Gasteiger partial charge on any atom is -0.367 e. The van der Waals surface area contributed by atoms with Crippen LogP contribution in [0.1, 0.15) is 46.4 Å². The summed E-state index contributed by atoms with van der Waals surface area (Å²) >= 11 is 0. The summed E-state index contributed by atoms with van der Waals surface area (Å²) in [5.41, 5.74) is 5.17. The molecule has 10 heteroatoms. The normalized spacial score (nSPS) is 12.9. The van der Waals surface area contributed by atoms with Crippen LogP contribution in [-0.4, -0.2) is 63.8 Å². The molecule has 0 spiro atoms. The Bertz CT molecular complexity index is 1490. The Morgan fingerprint density at radius 3 is 2.68 bits per heavy atom. The van der Waals surface area contributed by atoms with Gasteiger partial charge in [-0.3, -0.25) is 4.79 Å². The van der Waals surface area contributed by atoms with Crippen LogP contribution in [0.4, 0.5) is 23.0 Å². The molecule has 2 heterocycles. The van der Waals surface area contributed by atoms with Gasteiger partial charge in [-0.25, -0.2) is 9.97 Å². The number of hydrogen-bond donors (Lipinski definition) is 4. The van der Waals surface area contributed by atoms with Crippen LogP contribution in [0.5, 0.6) is 0 Å². The zero-order valence-corrected chi connectivity index (χ0v) is 24.2. The number of nitrogens with zero attached hydrogens (tertiary/aromatic N) is 5. The van der Waals surface area contributed by atoms with E-state index in [2.05, 4.69) is 50.2 Å². The van der Waals surface area contributed by atoms with Crippen LogP contribution in [0.3, 0.4) is 0 Å². The summed E-state index contributed by atoms with van der Waals surface area (Å²) in [6.45, 7) is 6.58. The number of aryl methyl sites for hydroxylation is 2. The number of nitrogens with one attached hydrogen (secondary N) is 4. The van der Waals surface area contributed by atoms with Gasteiger partial charge in [-0.15, -0.1) is 0 Å². The number of rotatable bonds is 13. The lowest BCUT2D eigenvalue weighted by Crippen LogP contribution is -2.21. The predicted molar refractivity (Wildman–Crippen MR) is 164 cm³/mol. The van der Waals surface area contributed by atoms with Gasteiger partial charge in [0.15, 0.2) is 5.82 Å². The zero-order valence-electron chi connectivity index (χ0n) is 24.2. The van der Waals surface area contributed by atoms with Crippen molar-refractivity contribution in [3.05, 3.63) is 83.3 Å². The average Bonchev–Trinajstić information content (AvgIpc) is 3.67. The molecule has 0 unspecified atom stereocenters. The molecule has 2 aromatic heterocycles. The third kappa shape index (κ3) is 7.90. The molecule has 1 fully saturated rings. The maximum atomic E-state index is 12.9. The second kappa shape index (κ2) is 12.9. The molecule has 0 bridgehead atoms. The highest BCUT2D eigenvalue weighted by Crippen LogP contribution is 2.28. The van der Waals surface area contributed by atoms with Gasteiger partial charge in [0, 0.05) is 41.7 Å². The van der Waals surface area contributed by atoms with Crippen molar-refractivity contribution in [3.63, 3.8) is 0 Å². The molecule has 1 saturated carbocycles. The molecule has 41 heavy (non-hydrogen) atoms. The summed E-state index contributed by atoms with van der Waals surface area (Å²) in [7, 11) is 4.16. The number of amides is 1. The number of anilines is 4. The van der Waals surface area contributed by atoms with Gasteiger partial charge in [-0.2, -0.15) is 9.78 Å². The topological polar surface area (TPSA) is 112 Å². The molecule has 5 rings (SSSR count). The summed E-state index contributed by atoms with van der Waals surface area (Å²) in [4.78, 5) is 24.0. The second-order valence-electron chi connectivity index (χ2n) is 10.9. The molecule has 0 aliphatic heterocycles. The summed E-state index contributed by atoms with van der Waals surface area (Å²) in [6, 6.07) is 17.9. The maximum absolute atomic E-state index is 12.9. The van der Waals surface area contributed by atoms with E-state index in [1.807, 2.05) is 73.1 Å². The number of hydrogen-bond acceptors (Lipinski definition) is 8. The molecule has 10 nitrogen and oxygen atoms in total. The summed E-state index contributed by atoms with van der Waals surface area (Å²) in [6.07, 6.45) is 4.94. The standard InChI is InChI=1S/C31H39N9O/c1-21-7-5-8-23(15-21)31(41)36-25-10-9-22(2)27(16-25)37-30-17-26(19-32-13-6-14-39(3)4)38-40(30)29-18-28(33-20-34-29)35-24-11-12-24/h5,7-10,15-18,20,24,32,37H,6,11-14,19H2,1-4H3,(H,36,41)(H,33,34,35). The van der Waals surface area contributed by atoms with Crippen molar-refractivity contribution in [1.82, 2.24) is 30.0 Å². The van der Waals surface area contributed by atoms with Gasteiger partial charge in [-0.1, -0.05) is 23.8 Å². The van der Waals surface area contributed by atoms with Crippen molar-refractivity contribution in [1.29, 1.82) is 0 Å². The lowest BCUT2D eigenvalue weighted by atomic mass is 10.1. The van der Waals surface area contributed by atoms with Gasteiger partial charge in [-0.05, 0) is 90.1 Å². The lowest BCUT2D eigenvalue weighted by molar-refractivity contribution is 0.102. The second-order valence-corrected chi connectivity index (χ2v) is 10.9.